The lowest BCUT2D eigenvalue weighted by molar-refractivity contribution is -0.152. The zero-order chi connectivity index (χ0) is 21.8. The van der Waals surface area contributed by atoms with Gasteiger partial charge in [0.1, 0.15) is 0 Å². The average Bonchev–Trinajstić information content (AvgIpc) is 2.66. The molecular formula is C22H42O6S. The van der Waals surface area contributed by atoms with Crippen LogP contribution in [0.1, 0.15) is 110 Å². The molecule has 0 saturated carbocycles. The molecule has 0 amide bonds. The van der Waals surface area contributed by atoms with Crippen LogP contribution in [0.15, 0.2) is 12.2 Å². The lowest BCUT2D eigenvalue weighted by Crippen LogP contribution is -2.29. The van der Waals surface area contributed by atoms with Crippen LogP contribution in [0.4, 0.5) is 0 Å². The number of unbranched alkanes of at least 4 members (excludes halogenated alkanes) is 11. The summed E-state index contributed by atoms with van der Waals surface area (Å²) in [6.07, 6.45) is 18.7. The SMILES string of the molecule is CCCCCCCC/C=C/CCCCCCC(OS(=O)(=O)O)C(=O)OCCCC. The van der Waals surface area contributed by atoms with Crippen molar-refractivity contribution in [1.82, 2.24) is 0 Å². The van der Waals surface area contributed by atoms with E-state index in [4.69, 9.17) is 9.29 Å². The van der Waals surface area contributed by atoms with Crippen LogP contribution in [0.5, 0.6) is 0 Å². The van der Waals surface area contributed by atoms with Gasteiger partial charge in [0.2, 0.25) is 0 Å². The Morgan fingerprint density at radius 3 is 1.90 bits per heavy atom. The summed E-state index contributed by atoms with van der Waals surface area (Å²) in [5, 5.41) is 0. The smallest absolute Gasteiger partial charge is 0.398 e. The van der Waals surface area contributed by atoms with E-state index in [0.29, 0.717) is 12.8 Å². The second-order valence-corrected chi connectivity index (χ2v) is 8.60. The van der Waals surface area contributed by atoms with E-state index in [1.54, 1.807) is 0 Å². The molecule has 0 fully saturated rings. The van der Waals surface area contributed by atoms with Crippen molar-refractivity contribution in [2.45, 2.75) is 116 Å². The normalized spacial score (nSPS) is 13.1. The summed E-state index contributed by atoms with van der Waals surface area (Å²) >= 11 is 0. The molecule has 0 aromatic heterocycles. The number of rotatable bonds is 20. The number of hydrogen-bond donors (Lipinski definition) is 1. The highest BCUT2D eigenvalue weighted by Crippen LogP contribution is 2.14. The summed E-state index contributed by atoms with van der Waals surface area (Å²) in [4.78, 5) is 11.9. The molecule has 0 aliphatic heterocycles. The molecule has 0 aliphatic carbocycles. The largest absolute Gasteiger partial charge is 0.464 e. The summed E-state index contributed by atoms with van der Waals surface area (Å²) in [7, 11) is -4.68. The van der Waals surface area contributed by atoms with Crippen LogP contribution in [-0.2, 0) is 24.1 Å². The van der Waals surface area contributed by atoms with Gasteiger partial charge in [-0.05, 0) is 38.5 Å². The van der Waals surface area contributed by atoms with E-state index in [1.807, 2.05) is 6.92 Å². The van der Waals surface area contributed by atoms with E-state index in [1.165, 1.54) is 38.5 Å². The second kappa shape index (κ2) is 19.1. The first-order valence-electron chi connectivity index (χ1n) is 11.4. The van der Waals surface area contributed by atoms with E-state index in [9.17, 15) is 13.2 Å². The quantitative estimate of drug-likeness (QED) is 0.107. The van der Waals surface area contributed by atoms with Crippen LogP contribution >= 0.6 is 0 Å². The molecule has 0 saturated heterocycles. The third-order valence-corrected chi connectivity index (χ3v) is 5.20. The third-order valence-electron chi connectivity index (χ3n) is 4.72. The molecular weight excluding hydrogens is 392 g/mol. The lowest BCUT2D eigenvalue weighted by atomic mass is 10.1. The fourth-order valence-electron chi connectivity index (χ4n) is 2.99. The van der Waals surface area contributed by atoms with E-state index in [2.05, 4.69) is 23.3 Å². The minimum absolute atomic E-state index is 0.221. The van der Waals surface area contributed by atoms with Gasteiger partial charge in [0.15, 0.2) is 6.10 Å². The predicted octanol–water partition coefficient (Wildman–Crippen LogP) is 6.17. The summed E-state index contributed by atoms with van der Waals surface area (Å²) in [5.41, 5.74) is 0. The topological polar surface area (TPSA) is 89.9 Å². The molecule has 0 rings (SSSR count). The highest BCUT2D eigenvalue weighted by Gasteiger charge is 2.26. The van der Waals surface area contributed by atoms with E-state index < -0.39 is 22.5 Å². The van der Waals surface area contributed by atoms with Crippen molar-refractivity contribution in [3.63, 3.8) is 0 Å². The van der Waals surface area contributed by atoms with Gasteiger partial charge in [-0.3, -0.25) is 4.55 Å². The second-order valence-electron chi connectivity index (χ2n) is 7.55. The molecule has 29 heavy (non-hydrogen) atoms. The van der Waals surface area contributed by atoms with Gasteiger partial charge in [-0.2, -0.15) is 8.42 Å². The van der Waals surface area contributed by atoms with Crippen molar-refractivity contribution in [2.24, 2.45) is 0 Å². The van der Waals surface area contributed by atoms with Gasteiger partial charge in [-0.1, -0.05) is 83.8 Å². The third kappa shape index (κ3) is 20.1. The van der Waals surface area contributed by atoms with Crippen LogP contribution in [0, 0.1) is 0 Å². The molecule has 0 radical (unpaired) electrons. The van der Waals surface area contributed by atoms with Gasteiger partial charge >= 0.3 is 16.4 Å². The van der Waals surface area contributed by atoms with Gasteiger partial charge in [-0.15, -0.1) is 0 Å². The molecule has 0 spiro atoms. The fourth-order valence-corrected chi connectivity index (χ4v) is 3.45. The highest BCUT2D eigenvalue weighted by atomic mass is 32.3. The molecule has 0 aromatic rings. The van der Waals surface area contributed by atoms with Crippen LogP contribution < -0.4 is 0 Å². The van der Waals surface area contributed by atoms with Crippen molar-refractivity contribution in [3.8, 4) is 0 Å². The summed E-state index contributed by atoms with van der Waals surface area (Å²) in [6, 6.07) is 0. The maximum atomic E-state index is 11.9. The van der Waals surface area contributed by atoms with Crippen LogP contribution in [0.2, 0.25) is 0 Å². The maximum Gasteiger partial charge on any atom is 0.398 e. The predicted molar refractivity (Wildman–Crippen MR) is 117 cm³/mol. The van der Waals surface area contributed by atoms with E-state index in [-0.39, 0.29) is 13.0 Å². The molecule has 0 bridgehead atoms. The van der Waals surface area contributed by atoms with Gasteiger partial charge in [0.25, 0.3) is 0 Å². The number of esters is 1. The first kappa shape index (κ1) is 28.1. The number of allylic oxidation sites excluding steroid dienone is 2. The molecule has 0 aromatic carbocycles. The molecule has 0 aliphatic rings. The first-order chi connectivity index (χ1) is 13.9. The average molecular weight is 435 g/mol. The lowest BCUT2D eigenvalue weighted by Gasteiger charge is -2.14. The van der Waals surface area contributed by atoms with Crippen molar-refractivity contribution in [2.75, 3.05) is 6.61 Å². The Kier molecular flexibility index (Phi) is 18.5. The fraction of sp³-hybridized carbons (Fsp3) is 0.864. The summed E-state index contributed by atoms with van der Waals surface area (Å²) in [5.74, 6) is -0.728. The number of hydrogen-bond acceptors (Lipinski definition) is 5. The molecule has 0 heterocycles. The number of carbonyl (C=O) groups is 1. The van der Waals surface area contributed by atoms with Crippen LogP contribution in [-0.4, -0.2) is 31.7 Å². The van der Waals surface area contributed by atoms with Gasteiger partial charge < -0.3 is 4.74 Å². The van der Waals surface area contributed by atoms with Crippen molar-refractivity contribution in [3.05, 3.63) is 12.2 Å². The zero-order valence-corrected chi connectivity index (χ0v) is 19.3. The molecule has 1 atom stereocenters. The Hall–Kier alpha value is -0.920. The molecule has 1 unspecified atom stereocenters. The summed E-state index contributed by atoms with van der Waals surface area (Å²) < 4.78 is 40.2. The van der Waals surface area contributed by atoms with Crippen molar-refractivity contribution >= 4 is 16.4 Å². The van der Waals surface area contributed by atoms with Gasteiger partial charge in [0, 0.05) is 0 Å². The van der Waals surface area contributed by atoms with Crippen molar-refractivity contribution in [1.29, 1.82) is 0 Å². The van der Waals surface area contributed by atoms with Crippen LogP contribution in [0.25, 0.3) is 0 Å². The maximum absolute atomic E-state index is 11.9. The minimum Gasteiger partial charge on any atom is -0.464 e. The number of carbonyl (C=O) groups excluding carboxylic acids is 1. The van der Waals surface area contributed by atoms with E-state index >= 15 is 0 Å². The highest BCUT2D eigenvalue weighted by molar-refractivity contribution is 7.80. The molecule has 172 valence electrons. The first-order valence-corrected chi connectivity index (χ1v) is 12.7. The Morgan fingerprint density at radius 1 is 0.828 bits per heavy atom. The monoisotopic (exact) mass is 434 g/mol. The summed E-state index contributed by atoms with van der Waals surface area (Å²) in [6.45, 7) is 4.42. The van der Waals surface area contributed by atoms with Crippen molar-refractivity contribution < 1.29 is 26.7 Å². The standard InChI is InChI=1S/C22H42O6S/c1-3-5-7-8-9-10-11-12-13-14-15-16-17-18-19-21(28-29(24,25)26)22(23)27-20-6-4-2/h12-13,21H,3-11,14-20H2,1-2H3,(H,24,25,26)/b13-12+. The Morgan fingerprint density at radius 2 is 1.34 bits per heavy atom. The molecule has 6 nitrogen and oxygen atoms in total. The molecule has 1 N–H and O–H groups in total. The van der Waals surface area contributed by atoms with Gasteiger partial charge in [0.05, 0.1) is 6.61 Å². The minimum atomic E-state index is -4.68. The number of ether oxygens (including phenoxy) is 1. The molecule has 7 heteroatoms. The van der Waals surface area contributed by atoms with E-state index in [0.717, 1.165) is 38.5 Å². The zero-order valence-electron chi connectivity index (χ0n) is 18.4. The van der Waals surface area contributed by atoms with Crippen LogP contribution in [0.3, 0.4) is 0 Å². The Bertz CT molecular complexity index is 515. The Labute approximate surface area is 178 Å². The Balaban J connectivity index is 3.83. The van der Waals surface area contributed by atoms with Gasteiger partial charge in [-0.25, -0.2) is 8.98 Å².